The molecule has 100 valence electrons. The maximum Gasteiger partial charge on any atom is 0.162 e. The molecule has 1 aromatic rings. The third-order valence-electron chi connectivity index (χ3n) is 3.75. The van der Waals surface area contributed by atoms with Gasteiger partial charge in [0.2, 0.25) is 0 Å². The van der Waals surface area contributed by atoms with Gasteiger partial charge in [0.15, 0.2) is 11.5 Å². The van der Waals surface area contributed by atoms with Gasteiger partial charge in [0, 0.05) is 10.5 Å². The first-order valence-corrected chi connectivity index (χ1v) is 7.09. The minimum atomic E-state index is -0.0345. The quantitative estimate of drug-likeness (QED) is 0.926. The van der Waals surface area contributed by atoms with Crippen LogP contribution in [-0.4, -0.2) is 13.2 Å². The summed E-state index contributed by atoms with van der Waals surface area (Å²) in [5, 5.41) is 0. The summed E-state index contributed by atoms with van der Waals surface area (Å²) < 4.78 is 12.2. The van der Waals surface area contributed by atoms with Crippen molar-refractivity contribution in [2.45, 2.75) is 33.2 Å². The van der Waals surface area contributed by atoms with Gasteiger partial charge in [-0.2, -0.15) is 0 Å². The lowest BCUT2D eigenvalue weighted by Crippen LogP contribution is -2.29. The second kappa shape index (κ2) is 5.10. The molecule has 0 saturated heterocycles. The zero-order valence-electron chi connectivity index (χ0n) is 11.1. The number of hydrogen-bond donors (Lipinski definition) is 1. The third-order valence-corrected chi connectivity index (χ3v) is 4.44. The summed E-state index contributed by atoms with van der Waals surface area (Å²) in [4.78, 5) is 0. The molecule has 1 aromatic carbocycles. The van der Waals surface area contributed by atoms with Crippen LogP contribution in [0, 0.1) is 5.41 Å². The molecule has 0 saturated carbocycles. The molecule has 1 unspecified atom stereocenters. The Morgan fingerprint density at radius 3 is 2.39 bits per heavy atom. The smallest absolute Gasteiger partial charge is 0.162 e. The first-order valence-electron chi connectivity index (χ1n) is 6.30. The fourth-order valence-corrected chi connectivity index (χ4v) is 2.53. The van der Waals surface area contributed by atoms with Crippen molar-refractivity contribution in [2.24, 2.45) is 11.1 Å². The maximum absolute atomic E-state index is 6.39. The van der Waals surface area contributed by atoms with Crippen molar-refractivity contribution < 1.29 is 9.47 Å². The van der Waals surface area contributed by atoms with Crippen LogP contribution >= 0.6 is 15.9 Å². The first kappa shape index (κ1) is 13.7. The second-order valence-corrected chi connectivity index (χ2v) is 6.19. The molecule has 0 aliphatic carbocycles. The van der Waals surface area contributed by atoms with E-state index in [-0.39, 0.29) is 11.5 Å². The van der Waals surface area contributed by atoms with Crippen LogP contribution in [0.25, 0.3) is 0 Å². The van der Waals surface area contributed by atoms with Crippen LogP contribution in [-0.2, 0) is 0 Å². The molecule has 0 aromatic heterocycles. The number of nitrogens with two attached hydrogens (primary N) is 1. The van der Waals surface area contributed by atoms with E-state index >= 15 is 0 Å². The van der Waals surface area contributed by atoms with Gasteiger partial charge in [-0.15, -0.1) is 0 Å². The largest absolute Gasteiger partial charge is 0.486 e. The van der Waals surface area contributed by atoms with Gasteiger partial charge < -0.3 is 15.2 Å². The fourth-order valence-electron chi connectivity index (χ4n) is 1.96. The molecule has 1 aliphatic heterocycles. The summed E-state index contributed by atoms with van der Waals surface area (Å²) in [5.41, 5.74) is 7.51. The monoisotopic (exact) mass is 313 g/mol. The Hall–Kier alpha value is -0.740. The zero-order chi connectivity index (χ0) is 13.3. The van der Waals surface area contributed by atoms with Crippen LogP contribution < -0.4 is 15.2 Å². The highest BCUT2D eigenvalue weighted by atomic mass is 79.9. The second-order valence-electron chi connectivity index (χ2n) is 5.34. The molecule has 4 heteroatoms. The summed E-state index contributed by atoms with van der Waals surface area (Å²) in [6.07, 6.45) is 1.02. The van der Waals surface area contributed by atoms with Crippen LogP contribution in [0.4, 0.5) is 0 Å². The average molecular weight is 314 g/mol. The van der Waals surface area contributed by atoms with Gasteiger partial charge in [0.1, 0.15) is 13.2 Å². The summed E-state index contributed by atoms with van der Waals surface area (Å²) in [7, 11) is 0. The zero-order valence-corrected chi connectivity index (χ0v) is 12.7. The normalized spacial score (nSPS) is 16.5. The molecule has 2 rings (SSSR count). The fraction of sp³-hybridized carbons (Fsp3) is 0.571. The Morgan fingerprint density at radius 2 is 1.83 bits per heavy atom. The number of hydrogen-bond acceptors (Lipinski definition) is 3. The lowest BCUT2D eigenvalue weighted by Gasteiger charge is -2.32. The van der Waals surface area contributed by atoms with Crippen LogP contribution in [0.1, 0.15) is 38.8 Å². The highest BCUT2D eigenvalue weighted by Crippen LogP contribution is 2.42. The summed E-state index contributed by atoms with van der Waals surface area (Å²) in [6.45, 7) is 7.72. The minimum absolute atomic E-state index is 0.0345. The standard InChI is InChI=1S/C14H20BrNO2/c1-4-14(2,3)13(16)9-7-11-12(8-10(9)15)18-6-5-17-11/h7-8,13H,4-6,16H2,1-3H3. The Balaban J connectivity index is 2.39. The van der Waals surface area contributed by atoms with Crippen LogP contribution in [0.15, 0.2) is 16.6 Å². The van der Waals surface area contributed by atoms with Crippen LogP contribution in [0.5, 0.6) is 11.5 Å². The van der Waals surface area contributed by atoms with Gasteiger partial charge in [-0.05, 0) is 29.5 Å². The Morgan fingerprint density at radius 1 is 1.28 bits per heavy atom. The van der Waals surface area contributed by atoms with E-state index in [1.165, 1.54) is 0 Å². The topological polar surface area (TPSA) is 44.5 Å². The van der Waals surface area contributed by atoms with Crippen molar-refractivity contribution in [1.82, 2.24) is 0 Å². The van der Waals surface area contributed by atoms with Gasteiger partial charge in [0.25, 0.3) is 0 Å². The summed E-state index contributed by atoms with van der Waals surface area (Å²) in [6, 6.07) is 3.92. The van der Waals surface area contributed by atoms with Crippen molar-refractivity contribution in [3.05, 3.63) is 22.2 Å². The van der Waals surface area contributed by atoms with E-state index in [9.17, 15) is 0 Å². The molecule has 1 heterocycles. The highest BCUT2D eigenvalue weighted by Gasteiger charge is 2.28. The minimum Gasteiger partial charge on any atom is -0.486 e. The maximum atomic E-state index is 6.39. The van der Waals surface area contributed by atoms with Gasteiger partial charge in [0.05, 0.1) is 0 Å². The van der Waals surface area contributed by atoms with Crippen LogP contribution in [0.3, 0.4) is 0 Å². The first-order chi connectivity index (χ1) is 8.45. The number of halogens is 1. The SMILES string of the molecule is CCC(C)(C)C(N)c1cc2c(cc1Br)OCCO2. The van der Waals surface area contributed by atoms with Gasteiger partial charge >= 0.3 is 0 Å². The molecule has 1 atom stereocenters. The molecule has 18 heavy (non-hydrogen) atoms. The van der Waals surface area contributed by atoms with E-state index in [1.54, 1.807) is 0 Å². The molecule has 0 bridgehead atoms. The van der Waals surface area contributed by atoms with Crippen molar-refractivity contribution in [3.63, 3.8) is 0 Å². The predicted molar refractivity (Wildman–Crippen MR) is 76.1 cm³/mol. The lowest BCUT2D eigenvalue weighted by atomic mass is 9.79. The van der Waals surface area contributed by atoms with Gasteiger partial charge in [-0.1, -0.05) is 36.7 Å². The summed E-state index contributed by atoms with van der Waals surface area (Å²) in [5.74, 6) is 1.58. The molecule has 3 nitrogen and oxygen atoms in total. The van der Waals surface area contributed by atoms with Crippen molar-refractivity contribution in [2.75, 3.05) is 13.2 Å². The Bertz CT molecular complexity index is 446. The van der Waals surface area contributed by atoms with E-state index in [2.05, 4.69) is 36.7 Å². The van der Waals surface area contributed by atoms with Crippen molar-refractivity contribution in [1.29, 1.82) is 0 Å². The molecular formula is C14H20BrNO2. The average Bonchev–Trinajstić information content (AvgIpc) is 2.37. The molecular weight excluding hydrogens is 294 g/mol. The van der Waals surface area contributed by atoms with E-state index in [4.69, 9.17) is 15.2 Å². The van der Waals surface area contributed by atoms with Crippen molar-refractivity contribution >= 4 is 15.9 Å². The van der Waals surface area contributed by atoms with E-state index < -0.39 is 0 Å². The van der Waals surface area contributed by atoms with E-state index in [0.29, 0.717) is 13.2 Å². The molecule has 0 amide bonds. The van der Waals surface area contributed by atoms with E-state index in [1.807, 2.05) is 12.1 Å². The van der Waals surface area contributed by atoms with E-state index in [0.717, 1.165) is 28.0 Å². The molecule has 0 radical (unpaired) electrons. The molecule has 1 aliphatic rings. The molecule has 2 N–H and O–H groups in total. The predicted octanol–water partition coefficient (Wildman–Crippen LogP) is 3.66. The number of benzene rings is 1. The third kappa shape index (κ3) is 2.50. The van der Waals surface area contributed by atoms with Crippen molar-refractivity contribution in [3.8, 4) is 11.5 Å². The van der Waals surface area contributed by atoms with Gasteiger partial charge in [-0.3, -0.25) is 0 Å². The Labute approximate surface area is 117 Å². The molecule has 0 spiro atoms. The summed E-state index contributed by atoms with van der Waals surface area (Å²) >= 11 is 3.58. The molecule has 0 fully saturated rings. The van der Waals surface area contributed by atoms with Gasteiger partial charge in [-0.25, -0.2) is 0 Å². The number of rotatable bonds is 3. The Kier molecular flexibility index (Phi) is 3.87. The van der Waals surface area contributed by atoms with Crippen LogP contribution in [0.2, 0.25) is 0 Å². The number of fused-ring (bicyclic) bond motifs is 1. The number of ether oxygens (including phenoxy) is 2. The lowest BCUT2D eigenvalue weighted by molar-refractivity contribution is 0.170. The highest BCUT2D eigenvalue weighted by molar-refractivity contribution is 9.10.